The lowest BCUT2D eigenvalue weighted by Gasteiger charge is -2.10. The van der Waals surface area contributed by atoms with Gasteiger partial charge in [-0.25, -0.2) is 8.42 Å². The Morgan fingerprint density at radius 1 is 1.07 bits per heavy atom. The summed E-state index contributed by atoms with van der Waals surface area (Å²) in [4.78, 5) is 21.1. The fourth-order valence-electron chi connectivity index (χ4n) is 2.33. The van der Waals surface area contributed by atoms with E-state index >= 15 is 0 Å². The van der Waals surface area contributed by atoms with Crippen LogP contribution in [-0.4, -0.2) is 38.5 Å². The molecule has 9 nitrogen and oxygen atoms in total. The molecule has 0 bridgehead atoms. The molecule has 1 amide bonds. The van der Waals surface area contributed by atoms with Crippen LogP contribution in [0.25, 0.3) is 0 Å². The van der Waals surface area contributed by atoms with Gasteiger partial charge in [-0.15, -0.1) is 11.3 Å². The summed E-state index contributed by atoms with van der Waals surface area (Å²) in [6.45, 7) is 1.91. The lowest BCUT2D eigenvalue weighted by atomic mass is 10.2. The van der Waals surface area contributed by atoms with Gasteiger partial charge in [0.2, 0.25) is 5.88 Å². The van der Waals surface area contributed by atoms with Gasteiger partial charge >= 0.3 is 6.01 Å². The summed E-state index contributed by atoms with van der Waals surface area (Å²) < 4.78 is 37.5. The fourth-order valence-corrected chi connectivity index (χ4v) is 4.01. The molecule has 3 aromatic rings. The van der Waals surface area contributed by atoms with Gasteiger partial charge in [0.25, 0.3) is 15.9 Å². The van der Waals surface area contributed by atoms with Gasteiger partial charge in [-0.2, -0.15) is 9.97 Å². The largest absolute Gasteiger partial charge is 0.481 e. The predicted molar refractivity (Wildman–Crippen MR) is 109 cm³/mol. The van der Waals surface area contributed by atoms with Gasteiger partial charge in [-0.05, 0) is 37.3 Å². The summed E-state index contributed by atoms with van der Waals surface area (Å²) in [6, 6.07) is 8.85. The third kappa shape index (κ3) is 5.00. The van der Waals surface area contributed by atoms with E-state index < -0.39 is 10.0 Å². The average Bonchev–Trinajstić information content (AvgIpc) is 3.14. The Hall–Kier alpha value is -3.18. The number of nitrogens with zero attached hydrogens (tertiary/aromatic N) is 2. The van der Waals surface area contributed by atoms with Crippen LogP contribution >= 0.6 is 11.3 Å². The Morgan fingerprint density at radius 2 is 1.79 bits per heavy atom. The molecule has 0 saturated carbocycles. The van der Waals surface area contributed by atoms with E-state index in [1.807, 2.05) is 6.92 Å². The molecule has 152 valence electrons. The van der Waals surface area contributed by atoms with E-state index in [1.54, 1.807) is 11.4 Å². The van der Waals surface area contributed by atoms with Crippen molar-refractivity contribution in [2.24, 2.45) is 0 Å². The van der Waals surface area contributed by atoms with E-state index in [9.17, 15) is 13.2 Å². The highest BCUT2D eigenvalue weighted by Crippen LogP contribution is 2.22. The molecule has 0 radical (unpaired) electrons. The molecule has 0 fully saturated rings. The number of carbonyl (C=O) groups is 1. The van der Waals surface area contributed by atoms with Crippen molar-refractivity contribution in [2.75, 3.05) is 24.3 Å². The van der Waals surface area contributed by atoms with Gasteiger partial charge in [0.05, 0.1) is 24.7 Å². The number of thiophene rings is 1. The maximum absolute atomic E-state index is 12.6. The third-order valence-corrected chi connectivity index (χ3v) is 5.96. The predicted octanol–water partition coefficient (Wildman–Crippen LogP) is 2.92. The molecular formula is C18H18N4O5S2. The number of ether oxygens (including phenoxy) is 2. The molecule has 0 aliphatic heterocycles. The molecule has 0 saturated heterocycles. The van der Waals surface area contributed by atoms with E-state index in [2.05, 4.69) is 20.0 Å². The summed E-state index contributed by atoms with van der Waals surface area (Å²) in [5.74, 6) is -0.113. The summed E-state index contributed by atoms with van der Waals surface area (Å²) in [7, 11) is -1.17. The highest BCUT2D eigenvalue weighted by Gasteiger charge is 2.17. The van der Waals surface area contributed by atoms with Crippen LogP contribution in [0.15, 0.2) is 46.7 Å². The summed E-state index contributed by atoms with van der Waals surface area (Å²) in [6.07, 6.45) is 0. The van der Waals surface area contributed by atoms with Crippen LogP contribution in [0, 0.1) is 6.92 Å². The van der Waals surface area contributed by atoms with Gasteiger partial charge < -0.3 is 14.8 Å². The topological polar surface area (TPSA) is 120 Å². The van der Waals surface area contributed by atoms with Crippen molar-refractivity contribution in [3.05, 3.63) is 52.2 Å². The zero-order chi connectivity index (χ0) is 21.0. The highest BCUT2D eigenvalue weighted by atomic mass is 32.2. The van der Waals surface area contributed by atoms with Crippen molar-refractivity contribution in [3.63, 3.8) is 0 Å². The number of aryl methyl sites for hydroxylation is 1. The van der Waals surface area contributed by atoms with Gasteiger partial charge in [0, 0.05) is 22.0 Å². The van der Waals surface area contributed by atoms with Crippen LogP contribution < -0.4 is 19.5 Å². The molecular weight excluding hydrogens is 416 g/mol. The minimum Gasteiger partial charge on any atom is -0.481 e. The molecule has 0 spiro atoms. The Kier molecular flexibility index (Phi) is 5.99. The molecule has 0 aliphatic carbocycles. The quantitative estimate of drug-likeness (QED) is 0.587. The number of methoxy groups -OCH3 is 2. The zero-order valence-corrected chi connectivity index (χ0v) is 17.4. The minimum atomic E-state index is -3.92. The number of amides is 1. The second-order valence-electron chi connectivity index (χ2n) is 5.81. The number of rotatable bonds is 7. The number of sulfonamides is 1. The average molecular weight is 434 g/mol. The molecule has 2 N–H and O–H groups in total. The number of hydrogen-bond donors (Lipinski definition) is 2. The Labute approximate surface area is 171 Å². The van der Waals surface area contributed by atoms with Crippen LogP contribution in [-0.2, 0) is 10.0 Å². The standard InChI is InChI=1S/C18H18N4O5S2/c1-11-8-12(10-28-11)17(23)19-13-4-6-14(7-5-13)29(24,25)22-15-9-16(26-2)21-18(20-15)27-3/h4-10H,1-3H3,(H,19,23)(H,20,21,22). The maximum atomic E-state index is 12.6. The Bertz CT molecular complexity index is 1110. The first kappa shape index (κ1) is 20.6. The molecule has 3 rings (SSSR count). The number of benzene rings is 1. The van der Waals surface area contributed by atoms with Crippen molar-refractivity contribution in [1.29, 1.82) is 0 Å². The number of anilines is 2. The normalized spacial score (nSPS) is 11.0. The third-order valence-electron chi connectivity index (χ3n) is 3.73. The SMILES string of the molecule is COc1cc(NS(=O)(=O)c2ccc(NC(=O)c3csc(C)c3)cc2)nc(OC)n1. The lowest BCUT2D eigenvalue weighted by Crippen LogP contribution is -2.15. The van der Waals surface area contributed by atoms with E-state index in [0.717, 1.165) is 4.88 Å². The second-order valence-corrected chi connectivity index (χ2v) is 8.61. The van der Waals surface area contributed by atoms with Crippen LogP contribution in [0.2, 0.25) is 0 Å². The summed E-state index contributed by atoms with van der Waals surface area (Å²) >= 11 is 1.48. The number of hydrogen-bond acceptors (Lipinski definition) is 8. The lowest BCUT2D eigenvalue weighted by molar-refractivity contribution is 0.102. The molecule has 2 heterocycles. The fraction of sp³-hybridized carbons (Fsp3) is 0.167. The minimum absolute atomic E-state index is 0.00101. The molecule has 0 unspecified atom stereocenters. The molecule has 2 aromatic heterocycles. The smallest absolute Gasteiger partial charge is 0.321 e. The first-order chi connectivity index (χ1) is 13.8. The van der Waals surface area contributed by atoms with Gasteiger partial charge in [-0.3, -0.25) is 9.52 Å². The Balaban J connectivity index is 1.75. The van der Waals surface area contributed by atoms with E-state index in [-0.39, 0.29) is 28.5 Å². The van der Waals surface area contributed by atoms with Crippen molar-refractivity contribution < 1.29 is 22.7 Å². The van der Waals surface area contributed by atoms with Crippen molar-refractivity contribution >= 4 is 38.8 Å². The van der Waals surface area contributed by atoms with Crippen LogP contribution in [0.5, 0.6) is 11.9 Å². The highest BCUT2D eigenvalue weighted by molar-refractivity contribution is 7.92. The zero-order valence-electron chi connectivity index (χ0n) is 15.8. The summed E-state index contributed by atoms with van der Waals surface area (Å²) in [5, 5.41) is 4.49. The Morgan fingerprint density at radius 3 is 2.38 bits per heavy atom. The number of carbonyl (C=O) groups excluding carboxylic acids is 1. The van der Waals surface area contributed by atoms with E-state index in [1.165, 1.54) is 55.9 Å². The van der Waals surface area contributed by atoms with Gasteiger partial charge in [0.15, 0.2) is 5.82 Å². The second kappa shape index (κ2) is 8.45. The van der Waals surface area contributed by atoms with Gasteiger partial charge in [0.1, 0.15) is 0 Å². The first-order valence-electron chi connectivity index (χ1n) is 8.27. The van der Waals surface area contributed by atoms with Crippen LogP contribution in [0.3, 0.4) is 0 Å². The van der Waals surface area contributed by atoms with E-state index in [0.29, 0.717) is 11.3 Å². The maximum Gasteiger partial charge on any atom is 0.321 e. The molecule has 0 atom stereocenters. The van der Waals surface area contributed by atoms with Gasteiger partial charge in [-0.1, -0.05) is 0 Å². The van der Waals surface area contributed by atoms with Crippen LogP contribution in [0.4, 0.5) is 11.5 Å². The van der Waals surface area contributed by atoms with Crippen molar-refractivity contribution in [2.45, 2.75) is 11.8 Å². The first-order valence-corrected chi connectivity index (χ1v) is 10.6. The van der Waals surface area contributed by atoms with Crippen molar-refractivity contribution in [3.8, 4) is 11.9 Å². The van der Waals surface area contributed by atoms with Crippen molar-refractivity contribution in [1.82, 2.24) is 9.97 Å². The number of aromatic nitrogens is 2. The number of nitrogens with one attached hydrogen (secondary N) is 2. The van der Waals surface area contributed by atoms with E-state index in [4.69, 9.17) is 9.47 Å². The van der Waals surface area contributed by atoms with Crippen LogP contribution in [0.1, 0.15) is 15.2 Å². The molecule has 1 aromatic carbocycles. The molecule has 0 aliphatic rings. The molecule has 29 heavy (non-hydrogen) atoms. The summed E-state index contributed by atoms with van der Waals surface area (Å²) in [5.41, 5.74) is 1.03. The monoisotopic (exact) mass is 434 g/mol. The molecule has 11 heteroatoms.